The maximum atomic E-state index is 8.90. The number of fused-ring (bicyclic) bond motifs is 2. The van der Waals surface area contributed by atoms with E-state index in [-0.39, 0.29) is 5.41 Å². The molecule has 0 aromatic rings. The van der Waals surface area contributed by atoms with Gasteiger partial charge in [-0.3, -0.25) is 0 Å². The van der Waals surface area contributed by atoms with Crippen LogP contribution in [0.15, 0.2) is 0 Å². The molecular formula is C9H13N. The van der Waals surface area contributed by atoms with Crippen LogP contribution < -0.4 is 0 Å². The molecule has 0 aromatic carbocycles. The predicted molar refractivity (Wildman–Crippen MR) is 39.2 cm³/mol. The van der Waals surface area contributed by atoms with Crippen molar-refractivity contribution in [2.24, 2.45) is 17.3 Å². The Morgan fingerprint density at radius 2 is 2.30 bits per heavy atom. The highest BCUT2D eigenvalue weighted by atomic mass is 14.5. The molecule has 2 fully saturated rings. The predicted octanol–water partition coefficient (Wildman–Crippen LogP) is 2.34. The van der Waals surface area contributed by atoms with Gasteiger partial charge in [-0.15, -0.1) is 0 Å². The maximum absolute atomic E-state index is 8.90. The van der Waals surface area contributed by atoms with Crippen molar-refractivity contribution in [1.29, 1.82) is 5.26 Å². The zero-order valence-electron chi connectivity index (χ0n) is 6.43. The van der Waals surface area contributed by atoms with Gasteiger partial charge in [-0.25, -0.2) is 0 Å². The molecule has 10 heavy (non-hydrogen) atoms. The summed E-state index contributed by atoms with van der Waals surface area (Å²) in [4.78, 5) is 0. The quantitative estimate of drug-likeness (QED) is 0.500. The number of rotatable bonds is 0. The third kappa shape index (κ3) is 0.624. The number of nitrogens with zero attached hydrogens (tertiary/aromatic N) is 1. The second-order valence-electron chi connectivity index (χ2n) is 4.11. The molecule has 54 valence electrons. The molecule has 0 heterocycles. The van der Waals surface area contributed by atoms with Crippen LogP contribution in [0.4, 0.5) is 0 Å². The average molecular weight is 135 g/mol. The van der Waals surface area contributed by atoms with Gasteiger partial charge < -0.3 is 0 Å². The van der Waals surface area contributed by atoms with E-state index in [9.17, 15) is 0 Å². The summed E-state index contributed by atoms with van der Waals surface area (Å²) in [5.74, 6) is 1.64. The highest BCUT2D eigenvalue weighted by molar-refractivity contribution is 5.08. The van der Waals surface area contributed by atoms with Crippen molar-refractivity contribution in [3.05, 3.63) is 0 Å². The van der Waals surface area contributed by atoms with Gasteiger partial charge in [0.05, 0.1) is 11.5 Å². The Hall–Kier alpha value is -0.510. The Kier molecular flexibility index (Phi) is 1.09. The Morgan fingerprint density at radius 1 is 1.50 bits per heavy atom. The van der Waals surface area contributed by atoms with Gasteiger partial charge in [0.25, 0.3) is 0 Å². The lowest BCUT2D eigenvalue weighted by Crippen LogP contribution is -2.21. The molecule has 2 aliphatic rings. The first kappa shape index (κ1) is 6.22. The van der Waals surface area contributed by atoms with Crippen molar-refractivity contribution in [3.63, 3.8) is 0 Å². The first-order chi connectivity index (χ1) is 4.74. The van der Waals surface area contributed by atoms with Crippen molar-refractivity contribution >= 4 is 0 Å². The summed E-state index contributed by atoms with van der Waals surface area (Å²) in [6.45, 7) is 2.14. The minimum Gasteiger partial charge on any atom is -0.198 e. The van der Waals surface area contributed by atoms with Gasteiger partial charge in [-0.05, 0) is 38.0 Å². The third-order valence-corrected chi connectivity index (χ3v) is 3.41. The van der Waals surface area contributed by atoms with Gasteiger partial charge >= 0.3 is 0 Å². The molecular weight excluding hydrogens is 122 g/mol. The summed E-state index contributed by atoms with van der Waals surface area (Å²) in [5.41, 5.74) is 0.0584. The van der Waals surface area contributed by atoms with Crippen molar-refractivity contribution in [2.75, 3.05) is 0 Å². The summed E-state index contributed by atoms with van der Waals surface area (Å²) in [7, 11) is 0. The molecule has 2 saturated carbocycles. The summed E-state index contributed by atoms with van der Waals surface area (Å²) >= 11 is 0. The molecule has 1 nitrogen and oxygen atoms in total. The molecule has 0 radical (unpaired) electrons. The highest BCUT2D eigenvalue weighted by Gasteiger charge is 2.48. The Balaban J connectivity index is 2.24. The zero-order chi connectivity index (χ0) is 7.19. The lowest BCUT2D eigenvalue weighted by molar-refractivity contribution is 0.269. The summed E-state index contributed by atoms with van der Waals surface area (Å²) in [5, 5.41) is 8.90. The molecule has 0 aliphatic heterocycles. The van der Waals surface area contributed by atoms with Gasteiger partial charge in [-0.1, -0.05) is 6.42 Å². The lowest BCUT2D eigenvalue weighted by atomic mass is 9.76. The fourth-order valence-electron chi connectivity index (χ4n) is 2.74. The first-order valence-corrected chi connectivity index (χ1v) is 4.16. The highest BCUT2D eigenvalue weighted by Crippen LogP contribution is 2.55. The van der Waals surface area contributed by atoms with E-state index in [0.29, 0.717) is 0 Å². The summed E-state index contributed by atoms with van der Waals surface area (Å²) < 4.78 is 0. The van der Waals surface area contributed by atoms with Gasteiger partial charge in [0.2, 0.25) is 0 Å². The lowest BCUT2D eigenvalue weighted by Gasteiger charge is -2.25. The second-order valence-corrected chi connectivity index (χ2v) is 4.11. The monoisotopic (exact) mass is 135 g/mol. The van der Waals surface area contributed by atoms with E-state index in [1.807, 2.05) is 0 Å². The maximum Gasteiger partial charge on any atom is 0.0689 e. The second kappa shape index (κ2) is 1.75. The normalized spacial score (nSPS) is 51.2. The molecule has 0 N–H and O–H groups in total. The van der Waals surface area contributed by atoms with Crippen LogP contribution in [0.1, 0.15) is 32.6 Å². The summed E-state index contributed by atoms with van der Waals surface area (Å²) in [6.07, 6.45) is 5.22. The summed E-state index contributed by atoms with van der Waals surface area (Å²) in [6, 6.07) is 2.47. The third-order valence-electron chi connectivity index (χ3n) is 3.41. The van der Waals surface area contributed by atoms with Crippen molar-refractivity contribution in [3.8, 4) is 6.07 Å². The van der Waals surface area contributed by atoms with Crippen LogP contribution >= 0.6 is 0 Å². The molecule has 2 bridgehead atoms. The molecule has 2 rings (SSSR count). The van der Waals surface area contributed by atoms with Gasteiger partial charge in [-0.2, -0.15) is 5.26 Å². The van der Waals surface area contributed by atoms with E-state index in [0.717, 1.165) is 11.8 Å². The van der Waals surface area contributed by atoms with Crippen molar-refractivity contribution in [2.45, 2.75) is 32.6 Å². The van der Waals surface area contributed by atoms with Crippen LogP contribution in [-0.4, -0.2) is 0 Å². The molecule has 2 aliphatic carbocycles. The number of hydrogen-bond acceptors (Lipinski definition) is 1. The van der Waals surface area contributed by atoms with Gasteiger partial charge in [0.15, 0.2) is 0 Å². The van der Waals surface area contributed by atoms with Gasteiger partial charge in [0, 0.05) is 0 Å². The van der Waals surface area contributed by atoms with E-state index in [4.69, 9.17) is 5.26 Å². The number of hydrogen-bond donors (Lipinski definition) is 0. The van der Waals surface area contributed by atoms with Crippen molar-refractivity contribution in [1.82, 2.24) is 0 Å². The van der Waals surface area contributed by atoms with E-state index in [1.54, 1.807) is 0 Å². The molecule has 0 aromatic heterocycles. The van der Waals surface area contributed by atoms with Crippen molar-refractivity contribution < 1.29 is 0 Å². The number of nitriles is 1. The van der Waals surface area contributed by atoms with E-state index < -0.39 is 0 Å². The molecule has 1 heteroatoms. The van der Waals surface area contributed by atoms with Crippen LogP contribution in [0.5, 0.6) is 0 Å². The fourth-order valence-corrected chi connectivity index (χ4v) is 2.74. The molecule has 0 amide bonds. The van der Waals surface area contributed by atoms with Crippen LogP contribution in [0, 0.1) is 28.6 Å². The topological polar surface area (TPSA) is 23.8 Å². The van der Waals surface area contributed by atoms with Crippen LogP contribution in [0.2, 0.25) is 0 Å². The SMILES string of the molecule is C[C@@]1(C#N)C[C@H]2CC[C@@H]1C2. The first-order valence-electron chi connectivity index (χ1n) is 4.16. The van der Waals surface area contributed by atoms with E-state index >= 15 is 0 Å². The van der Waals surface area contributed by atoms with Crippen LogP contribution in [-0.2, 0) is 0 Å². The minimum absolute atomic E-state index is 0.0584. The fraction of sp³-hybridized carbons (Fsp3) is 0.889. The molecule has 0 spiro atoms. The standard InChI is InChI=1S/C9H13N/c1-9(6-10)5-7-2-3-8(9)4-7/h7-8H,2-5H2,1H3/t7-,8+,9-/m0/s1. The molecule has 0 saturated heterocycles. The Bertz CT molecular complexity index is 191. The van der Waals surface area contributed by atoms with E-state index in [1.165, 1.54) is 25.7 Å². The zero-order valence-corrected chi connectivity index (χ0v) is 6.43. The molecule has 3 atom stereocenters. The largest absolute Gasteiger partial charge is 0.198 e. The van der Waals surface area contributed by atoms with Crippen LogP contribution in [0.3, 0.4) is 0 Å². The smallest absolute Gasteiger partial charge is 0.0689 e. The minimum atomic E-state index is 0.0584. The Labute approximate surface area is 62.0 Å². The van der Waals surface area contributed by atoms with Crippen LogP contribution in [0.25, 0.3) is 0 Å². The Morgan fingerprint density at radius 3 is 2.60 bits per heavy atom. The van der Waals surface area contributed by atoms with Gasteiger partial charge in [0.1, 0.15) is 0 Å². The molecule has 0 unspecified atom stereocenters. The van der Waals surface area contributed by atoms with E-state index in [2.05, 4.69) is 13.0 Å². The average Bonchev–Trinajstić information content (AvgIpc) is 2.46.